The Kier molecular flexibility index (Phi) is 5.18. The van der Waals surface area contributed by atoms with E-state index in [0.29, 0.717) is 43.2 Å². The molecule has 0 aromatic heterocycles. The van der Waals surface area contributed by atoms with Crippen LogP contribution in [0.25, 0.3) is 0 Å². The molecule has 1 heterocycles. The number of nitrogens with zero attached hydrogens (tertiary/aromatic N) is 3. The molecule has 0 bridgehead atoms. The summed E-state index contributed by atoms with van der Waals surface area (Å²) in [5.41, 5.74) is 0.555. The summed E-state index contributed by atoms with van der Waals surface area (Å²) in [7, 11) is 0. The van der Waals surface area contributed by atoms with E-state index >= 15 is 0 Å². The highest BCUT2D eigenvalue weighted by molar-refractivity contribution is 6.30. The lowest BCUT2D eigenvalue weighted by Gasteiger charge is -2.21. The number of hydrogen-bond donors (Lipinski definition) is 0. The van der Waals surface area contributed by atoms with Crippen LogP contribution in [0.3, 0.4) is 0 Å². The SMILES string of the molecule is N#CCC(=O)N1CCCN(C(=O)c2cccc(Cl)c2)CC1. The largest absolute Gasteiger partial charge is 0.340 e. The molecule has 0 atom stereocenters. The molecular weight excluding hydrogens is 290 g/mol. The molecule has 1 aromatic carbocycles. The molecule has 1 aromatic rings. The highest BCUT2D eigenvalue weighted by atomic mass is 35.5. The molecule has 0 saturated carbocycles. The van der Waals surface area contributed by atoms with Crippen LogP contribution in [0.1, 0.15) is 23.2 Å². The third kappa shape index (κ3) is 3.96. The van der Waals surface area contributed by atoms with Crippen molar-refractivity contribution in [3.05, 3.63) is 34.9 Å². The van der Waals surface area contributed by atoms with Gasteiger partial charge in [0, 0.05) is 36.8 Å². The number of carbonyl (C=O) groups is 2. The molecule has 1 aliphatic heterocycles. The van der Waals surface area contributed by atoms with E-state index < -0.39 is 0 Å². The second-order valence-electron chi connectivity index (χ2n) is 4.87. The number of carbonyl (C=O) groups excluding carboxylic acids is 2. The van der Waals surface area contributed by atoms with Crippen molar-refractivity contribution in [2.45, 2.75) is 12.8 Å². The van der Waals surface area contributed by atoms with Crippen LogP contribution in [-0.2, 0) is 4.79 Å². The highest BCUT2D eigenvalue weighted by Crippen LogP contribution is 2.14. The van der Waals surface area contributed by atoms with Gasteiger partial charge in [0.05, 0.1) is 6.07 Å². The van der Waals surface area contributed by atoms with Crippen molar-refractivity contribution in [1.29, 1.82) is 5.26 Å². The Balaban J connectivity index is 2.01. The minimum atomic E-state index is -0.172. The average Bonchev–Trinajstić information content (AvgIpc) is 2.72. The summed E-state index contributed by atoms with van der Waals surface area (Å²) >= 11 is 5.91. The van der Waals surface area contributed by atoms with Gasteiger partial charge >= 0.3 is 0 Å². The van der Waals surface area contributed by atoms with Crippen LogP contribution in [0.4, 0.5) is 0 Å². The molecule has 0 unspecified atom stereocenters. The van der Waals surface area contributed by atoms with Crippen molar-refractivity contribution in [3.63, 3.8) is 0 Å². The lowest BCUT2D eigenvalue weighted by molar-refractivity contribution is -0.129. The second-order valence-corrected chi connectivity index (χ2v) is 5.31. The molecule has 1 saturated heterocycles. The van der Waals surface area contributed by atoms with Crippen molar-refractivity contribution < 1.29 is 9.59 Å². The first-order valence-corrected chi connectivity index (χ1v) is 7.19. The lowest BCUT2D eigenvalue weighted by atomic mass is 10.2. The Morgan fingerprint density at radius 3 is 2.62 bits per heavy atom. The standard InChI is InChI=1S/C15H16ClN3O2/c16-13-4-1-3-12(11-13)15(21)19-8-2-7-18(9-10-19)14(20)5-6-17/h1,3-4,11H,2,5,7-10H2. The number of amides is 2. The zero-order valence-electron chi connectivity index (χ0n) is 11.6. The molecule has 2 amide bonds. The van der Waals surface area contributed by atoms with E-state index in [1.807, 2.05) is 6.07 Å². The summed E-state index contributed by atoms with van der Waals surface area (Å²) in [6, 6.07) is 8.72. The molecule has 6 heteroatoms. The van der Waals surface area contributed by atoms with Gasteiger partial charge in [-0.1, -0.05) is 17.7 Å². The Bertz CT molecular complexity index is 583. The fraction of sp³-hybridized carbons (Fsp3) is 0.400. The molecule has 5 nitrogen and oxygen atoms in total. The first kappa shape index (κ1) is 15.3. The lowest BCUT2D eigenvalue weighted by Crippen LogP contribution is -2.37. The van der Waals surface area contributed by atoms with Crippen LogP contribution >= 0.6 is 11.6 Å². The minimum Gasteiger partial charge on any atom is -0.340 e. The quantitative estimate of drug-likeness (QED) is 0.838. The maximum atomic E-state index is 12.4. The van der Waals surface area contributed by atoms with Crippen molar-refractivity contribution in [2.24, 2.45) is 0 Å². The van der Waals surface area contributed by atoms with Gasteiger partial charge in [-0.05, 0) is 24.6 Å². The average molecular weight is 306 g/mol. The van der Waals surface area contributed by atoms with Gasteiger partial charge in [-0.3, -0.25) is 9.59 Å². The van der Waals surface area contributed by atoms with Gasteiger partial charge in [0.2, 0.25) is 5.91 Å². The summed E-state index contributed by atoms with van der Waals surface area (Å²) in [5.74, 6) is -0.248. The first-order valence-electron chi connectivity index (χ1n) is 6.81. The predicted molar refractivity (Wildman–Crippen MR) is 78.8 cm³/mol. The summed E-state index contributed by atoms with van der Waals surface area (Å²) in [6.07, 6.45) is 0.603. The van der Waals surface area contributed by atoms with E-state index in [1.54, 1.807) is 34.1 Å². The van der Waals surface area contributed by atoms with E-state index in [9.17, 15) is 9.59 Å². The monoisotopic (exact) mass is 305 g/mol. The minimum absolute atomic E-state index is 0.0768. The smallest absolute Gasteiger partial charge is 0.253 e. The summed E-state index contributed by atoms with van der Waals surface area (Å²) in [5, 5.41) is 9.11. The maximum Gasteiger partial charge on any atom is 0.253 e. The molecule has 2 rings (SSSR count). The Labute approximate surface area is 128 Å². The molecule has 110 valence electrons. The molecule has 0 spiro atoms. The normalized spacial score (nSPS) is 15.2. The van der Waals surface area contributed by atoms with Crippen LogP contribution in [-0.4, -0.2) is 47.8 Å². The number of benzene rings is 1. The molecule has 0 aliphatic carbocycles. The summed E-state index contributed by atoms with van der Waals surface area (Å²) in [6.45, 7) is 2.12. The third-order valence-electron chi connectivity index (χ3n) is 3.44. The van der Waals surface area contributed by atoms with E-state index in [2.05, 4.69) is 0 Å². The zero-order valence-corrected chi connectivity index (χ0v) is 12.3. The van der Waals surface area contributed by atoms with Gasteiger partial charge in [0.1, 0.15) is 6.42 Å². The van der Waals surface area contributed by atoms with Crippen LogP contribution in [0.2, 0.25) is 5.02 Å². The Morgan fingerprint density at radius 2 is 1.90 bits per heavy atom. The Hall–Kier alpha value is -2.06. The van der Waals surface area contributed by atoms with E-state index in [1.165, 1.54) is 0 Å². The van der Waals surface area contributed by atoms with Gasteiger partial charge < -0.3 is 9.80 Å². The van der Waals surface area contributed by atoms with Crippen molar-refractivity contribution >= 4 is 23.4 Å². The van der Waals surface area contributed by atoms with Crippen LogP contribution in [0.5, 0.6) is 0 Å². The van der Waals surface area contributed by atoms with Crippen LogP contribution in [0, 0.1) is 11.3 Å². The first-order chi connectivity index (χ1) is 10.1. The number of rotatable bonds is 2. The van der Waals surface area contributed by atoms with E-state index in [-0.39, 0.29) is 18.2 Å². The molecule has 0 radical (unpaired) electrons. The second kappa shape index (κ2) is 7.09. The number of nitriles is 1. The fourth-order valence-corrected chi connectivity index (χ4v) is 2.54. The molecule has 21 heavy (non-hydrogen) atoms. The van der Waals surface area contributed by atoms with Gasteiger partial charge in [-0.25, -0.2) is 0 Å². The number of halogens is 1. The van der Waals surface area contributed by atoms with Crippen LogP contribution < -0.4 is 0 Å². The fourth-order valence-electron chi connectivity index (χ4n) is 2.35. The summed E-state index contributed by atoms with van der Waals surface area (Å²) < 4.78 is 0. The van der Waals surface area contributed by atoms with E-state index in [4.69, 9.17) is 16.9 Å². The van der Waals surface area contributed by atoms with Crippen LogP contribution in [0.15, 0.2) is 24.3 Å². The number of hydrogen-bond acceptors (Lipinski definition) is 3. The molecule has 0 N–H and O–H groups in total. The molecular formula is C15H16ClN3O2. The summed E-state index contributed by atoms with van der Waals surface area (Å²) in [4.78, 5) is 27.5. The van der Waals surface area contributed by atoms with Gasteiger partial charge in [-0.2, -0.15) is 5.26 Å². The van der Waals surface area contributed by atoms with Gasteiger partial charge in [0.25, 0.3) is 5.91 Å². The zero-order chi connectivity index (χ0) is 15.2. The highest BCUT2D eigenvalue weighted by Gasteiger charge is 2.22. The van der Waals surface area contributed by atoms with Crippen molar-refractivity contribution in [1.82, 2.24) is 9.80 Å². The Morgan fingerprint density at radius 1 is 1.19 bits per heavy atom. The topological polar surface area (TPSA) is 64.4 Å². The van der Waals surface area contributed by atoms with E-state index in [0.717, 1.165) is 0 Å². The maximum absolute atomic E-state index is 12.4. The van der Waals surface area contributed by atoms with Gasteiger partial charge in [0.15, 0.2) is 0 Å². The predicted octanol–water partition coefficient (Wildman–Crippen LogP) is 1.93. The molecule has 1 aliphatic rings. The van der Waals surface area contributed by atoms with Gasteiger partial charge in [-0.15, -0.1) is 0 Å². The van der Waals surface area contributed by atoms with Crippen molar-refractivity contribution in [3.8, 4) is 6.07 Å². The third-order valence-corrected chi connectivity index (χ3v) is 3.67. The molecule has 1 fully saturated rings. The van der Waals surface area contributed by atoms with Crippen molar-refractivity contribution in [2.75, 3.05) is 26.2 Å².